The maximum absolute atomic E-state index is 5.53. The highest BCUT2D eigenvalue weighted by atomic mass is 32.2. The number of hydrogen-bond donors (Lipinski definition) is 1. The molecule has 0 bridgehead atoms. The van der Waals surface area contributed by atoms with Crippen molar-refractivity contribution in [1.29, 1.82) is 0 Å². The number of nitrogens with zero attached hydrogens (tertiary/aromatic N) is 4. The molecule has 0 aliphatic heterocycles. The lowest BCUT2D eigenvalue weighted by molar-refractivity contribution is 0.288. The second-order valence-corrected chi connectivity index (χ2v) is 5.54. The van der Waals surface area contributed by atoms with Gasteiger partial charge in [-0.15, -0.1) is 0 Å². The smallest absolute Gasteiger partial charge is 0.322 e. The van der Waals surface area contributed by atoms with Crippen LogP contribution in [-0.2, 0) is 0 Å². The molecule has 1 aromatic rings. The van der Waals surface area contributed by atoms with Crippen molar-refractivity contribution in [2.75, 3.05) is 43.9 Å². The molecule has 0 fully saturated rings. The maximum Gasteiger partial charge on any atom is 0.322 e. The maximum atomic E-state index is 5.53. The zero-order valence-corrected chi connectivity index (χ0v) is 14.4. The molecule has 0 aliphatic rings. The standard InChI is InChI=1S/C14H27N5OS/c1-5-10-20-13-16-12(15-6-2)17-14(18-13)21-11-9-19(7-3)8-4/h5-11H2,1-4H3,(H,15,16,17,18). The number of hydrogen-bond acceptors (Lipinski definition) is 7. The Bertz CT molecular complexity index is 401. The lowest BCUT2D eigenvalue weighted by Crippen LogP contribution is -2.25. The molecule has 1 rings (SSSR count). The molecule has 0 spiro atoms. The van der Waals surface area contributed by atoms with E-state index in [9.17, 15) is 0 Å². The molecule has 1 N–H and O–H groups in total. The lowest BCUT2D eigenvalue weighted by atomic mass is 10.5. The van der Waals surface area contributed by atoms with Crippen LogP contribution < -0.4 is 10.1 Å². The second-order valence-electron chi connectivity index (χ2n) is 4.48. The van der Waals surface area contributed by atoms with Crippen molar-refractivity contribution in [2.45, 2.75) is 39.3 Å². The molecule has 6 nitrogen and oxygen atoms in total. The van der Waals surface area contributed by atoms with Gasteiger partial charge in [0.05, 0.1) is 6.61 Å². The first kappa shape index (κ1) is 18.0. The molecule has 0 radical (unpaired) electrons. The molecule has 0 saturated carbocycles. The summed E-state index contributed by atoms with van der Waals surface area (Å²) >= 11 is 1.64. The van der Waals surface area contributed by atoms with E-state index in [2.05, 4.69) is 45.9 Å². The fourth-order valence-corrected chi connectivity index (χ4v) is 2.53. The SMILES string of the molecule is CCCOc1nc(NCC)nc(SCCN(CC)CC)n1. The Labute approximate surface area is 132 Å². The summed E-state index contributed by atoms with van der Waals surface area (Å²) in [5, 5.41) is 3.84. The van der Waals surface area contributed by atoms with Crippen LogP contribution in [0.3, 0.4) is 0 Å². The highest BCUT2D eigenvalue weighted by molar-refractivity contribution is 7.99. The third-order valence-corrected chi connectivity index (χ3v) is 3.73. The molecular weight excluding hydrogens is 286 g/mol. The Balaban J connectivity index is 2.63. The first-order valence-electron chi connectivity index (χ1n) is 7.71. The Morgan fingerprint density at radius 1 is 1.10 bits per heavy atom. The molecule has 0 aliphatic carbocycles. The molecule has 1 heterocycles. The summed E-state index contributed by atoms with van der Waals surface area (Å²) < 4.78 is 5.53. The van der Waals surface area contributed by atoms with Crippen LogP contribution in [0.4, 0.5) is 5.95 Å². The molecule has 21 heavy (non-hydrogen) atoms. The zero-order valence-electron chi connectivity index (χ0n) is 13.6. The van der Waals surface area contributed by atoms with E-state index in [1.165, 1.54) is 0 Å². The van der Waals surface area contributed by atoms with E-state index in [4.69, 9.17) is 4.74 Å². The minimum Gasteiger partial charge on any atom is -0.463 e. The Morgan fingerprint density at radius 3 is 2.48 bits per heavy atom. The first-order chi connectivity index (χ1) is 10.2. The number of thioether (sulfide) groups is 1. The van der Waals surface area contributed by atoms with Gasteiger partial charge in [0.1, 0.15) is 0 Å². The number of aromatic nitrogens is 3. The molecule has 0 saturated heterocycles. The van der Waals surface area contributed by atoms with Crippen molar-refractivity contribution in [3.05, 3.63) is 0 Å². The monoisotopic (exact) mass is 313 g/mol. The van der Waals surface area contributed by atoms with Crippen LogP contribution in [-0.4, -0.2) is 58.4 Å². The summed E-state index contributed by atoms with van der Waals surface area (Å²) in [6.07, 6.45) is 0.937. The highest BCUT2D eigenvalue weighted by Crippen LogP contribution is 2.17. The van der Waals surface area contributed by atoms with Crippen LogP contribution >= 0.6 is 11.8 Å². The van der Waals surface area contributed by atoms with Gasteiger partial charge in [-0.1, -0.05) is 32.5 Å². The average molecular weight is 313 g/mol. The van der Waals surface area contributed by atoms with Gasteiger partial charge in [-0.2, -0.15) is 15.0 Å². The Kier molecular flexibility index (Phi) is 9.09. The predicted molar refractivity (Wildman–Crippen MR) is 88.3 cm³/mol. The summed E-state index contributed by atoms with van der Waals surface area (Å²) in [5.74, 6) is 1.55. The average Bonchev–Trinajstić information content (AvgIpc) is 2.50. The van der Waals surface area contributed by atoms with Crippen molar-refractivity contribution in [3.63, 3.8) is 0 Å². The van der Waals surface area contributed by atoms with E-state index in [0.717, 1.165) is 43.5 Å². The van der Waals surface area contributed by atoms with Gasteiger partial charge >= 0.3 is 6.01 Å². The zero-order chi connectivity index (χ0) is 15.5. The van der Waals surface area contributed by atoms with Gasteiger partial charge in [0, 0.05) is 18.8 Å². The third-order valence-electron chi connectivity index (χ3n) is 2.90. The normalized spacial score (nSPS) is 10.9. The molecule has 120 valence electrons. The largest absolute Gasteiger partial charge is 0.463 e. The summed E-state index contributed by atoms with van der Waals surface area (Å²) in [6.45, 7) is 13.0. The fourth-order valence-electron chi connectivity index (χ4n) is 1.70. The Morgan fingerprint density at radius 2 is 1.86 bits per heavy atom. The van der Waals surface area contributed by atoms with Gasteiger partial charge in [-0.3, -0.25) is 0 Å². The van der Waals surface area contributed by atoms with Gasteiger partial charge in [0.25, 0.3) is 0 Å². The molecule has 0 aromatic carbocycles. The van der Waals surface area contributed by atoms with Crippen molar-refractivity contribution in [1.82, 2.24) is 19.9 Å². The summed E-state index contributed by atoms with van der Waals surface area (Å²) in [7, 11) is 0. The molecule has 0 amide bonds. The van der Waals surface area contributed by atoms with Crippen molar-refractivity contribution >= 4 is 17.7 Å². The quantitative estimate of drug-likeness (QED) is 0.630. The van der Waals surface area contributed by atoms with Crippen molar-refractivity contribution in [2.24, 2.45) is 0 Å². The second kappa shape index (κ2) is 10.6. The fraction of sp³-hybridized carbons (Fsp3) is 0.786. The molecule has 0 unspecified atom stereocenters. The van der Waals surface area contributed by atoms with E-state index < -0.39 is 0 Å². The molecule has 7 heteroatoms. The Hall–Kier alpha value is -1.08. The van der Waals surface area contributed by atoms with Crippen LogP contribution in [0.1, 0.15) is 34.1 Å². The summed E-state index contributed by atoms with van der Waals surface area (Å²) in [4.78, 5) is 15.4. The van der Waals surface area contributed by atoms with Crippen molar-refractivity contribution < 1.29 is 4.74 Å². The molecule has 0 atom stereocenters. The number of ether oxygens (including phenoxy) is 1. The van der Waals surface area contributed by atoms with E-state index in [1.807, 2.05) is 6.92 Å². The van der Waals surface area contributed by atoms with Crippen LogP contribution in [0.15, 0.2) is 5.16 Å². The highest BCUT2D eigenvalue weighted by Gasteiger charge is 2.08. The van der Waals surface area contributed by atoms with Gasteiger partial charge in [-0.05, 0) is 26.4 Å². The van der Waals surface area contributed by atoms with Gasteiger partial charge in [-0.25, -0.2) is 0 Å². The minimum absolute atomic E-state index is 0.410. The van der Waals surface area contributed by atoms with Gasteiger partial charge in [0.2, 0.25) is 5.95 Å². The van der Waals surface area contributed by atoms with Gasteiger partial charge < -0.3 is 15.0 Å². The van der Waals surface area contributed by atoms with Crippen LogP contribution in [0.25, 0.3) is 0 Å². The minimum atomic E-state index is 0.410. The van der Waals surface area contributed by atoms with Crippen LogP contribution in [0.5, 0.6) is 6.01 Å². The summed E-state index contributed by atoms with van der Waals surface area (Å²) in [6, 6.07) is 0.410. The number of nitrogens with one attached hydrogen (secondary N) is 1. The number of anilines is 1. The lowest BCUT2D eigenvalue weighted by Gasteiger charge is -2.17. The van der Waals surface area contributed by atoms with Crippen molar-refractivity contribution in [3.8, 4) is 6.01 Å². The summed E-state index contributed by atoms with van der Waals surface area (Å²) in [5.41, 5.74) is 0. The number of rotatable bonds is 11. The van der Waals surface area contributed by atoms with E-state index >= 15 is 0 Å². The van der Waals surface area contributed by atoms with E-state index in [-0.39, 0.29) is 0 Å². The molecular formula is C14H27N5OS. The van der Waals surface area contributed by atoms with Gasteiger partial charge in [0.15, 0.2) is 5.16 Å². The topological polar surface area (TPSA) is 63.2 Å². The first-order valence-corrected chi connectivity index (χ1v) is 8.69. The molecule has 1 aromatic heterocycles. The van der Waals surface area contributed by atoms with Crippen LogP contribution in [0, 0.1) is 0 Å². The van der Waals surface area contributed by atoms with E-state index in [0.29, 0.717) is 18.6 Å². The van der Waals surface area contributed by atoms with E-state index in [1.54, 1.807) is 11.8 Å². The predicted octanol–water partition coefficient (Wildman–Crippen LogP) is 2.53. The van der Waals surface area contributed by atoms with Crippen LogP contribution in [0.2, 0.25) is 0 Å². The third kappa shape index (κ3) is 6.95.